The fourth-order valence-corrected chi connectivity index (χ4v) is 3.68. The Balaban J connectivity index is 1.19. The molecule has 32 heavy (non-hydrogen) atoms. The Kier molecular flexibility index (Phi) is 6.96. The Hall–Kier alpha value is -3.46. The van der Waals surface area contributed by atoms with Crippen molar-refractivity contribution in [1.29, 1.82) is 0 Å². The molecule has 168 valence electrons. The van der Waals surface area contributed by atoms with Crippen molar-refractivity contribution in [3.8, 4) is 11.5 Å². The summed E-state index contributed by atoms with van der Waals surface area (Å²) in [7, 11) is 1.59. The van der Waals surface area contributed by atoms with Gasteiger partial charge in [0.25, 0.3) is 11.5 Å². The summed E-state index contributed by atoms with van der Waals surface area (Å²) < 4.78 is 12.3. The number of aryl methyl sites for hydroxylation is 1. The van der Waals surface area contributed by atoms with Crippen LogP contribution in [0.2, 0.25) is 0 Å². The standard InChI is InChI=1S/C23H27N5O4/c1-31-17-12-19-18(25-14-17)7-9-22(30)28(19)11-5-3-2-4-10-24-13-16-6-8-20-23(26-16)27-21(29)15-32-20/h6-9,12,14,24H,2-5,10-11,13,15H2,1H3,(H,26,27,29). The van der Waals surface area contributed by atoms with Crippen molar-refractivity contribution in [2.75, 3.05) is 25.6 Å². The predicted octanol–water partition coefficient (Wildman–Crippen LogP) is 2.48. The smallest absolute Gasteiger partial charge is 0.263 e. The van der Waals surface area contributed by atoms with E-state index < -0.39 is 0 Å². The minimum atomic E-state index is -0.184. The monoisotopic (exact) mass is 437 g/mol. The van der Waals surface area contributed by atoms with E-state index in [9.17, 15) is 9.59 Å². The lowest BCUT2D eigenvalue weighted by atomic mass is 10.2. The lowest BCUT2D eigenvalue weighted by Crippen LogP contribution is -2.26. The van der Waals surface area contributed by atoms with Crippen molar-refractivity contribution in [2.45, 2.75) is 38.8 Å². The summed E-state index contributed by atoms with van der Waals surface area (Å²) in [5.41, 5.74) is 2.43. The van der Waals surface area contributed by atoms with Crippen molar-refractivity contribution in [2.24, 2.45) is 0 Å². The first-order valence-electron chi connectivity index (χ1n) is 10.8. The highest BCUT2D eigenvalue weighted by molar-refractivity contribution is 5.94. The molecule has 4 heterocycles. The van der Waals surface area contributed by atoms with E-state index in [0.29, 0.717) is 30.4 Å². The Morgan fingerprint density at radius 3 is 2.91 bits per heavy atom. The largest absolute Gasteiger partial charge is 0.495 e. The third-order valence-corrected chi connectivity index (χ3v) is 5.37. The van der Waals surface area contributed by atoms with Gasteiger partial charge in [0.15, 0.2) is 18.2 Å². The zero-order valence-electron chi connectivity index (χ0n) is 18.1. The van der Waals surface area contributed by atoms with E-state index in [4.69, 9.17) is 9.47 Å². The SMILES string of the molecule is COc1cnc2ccc(=O)n(CCCCCCNCc3ccc4c(n3)NC(=O)CO4)c2c1. The van der Waals surface area contributed by atoms with Gasteiger partial charge in [-0.25, -0.2) is 4.98 Å². The number of anilines is 1. The summed E-state index contributed by atoms with van der Waals surface area (Å²) in [5.74, 6) is 1.55. The van der Waals surface area contributed by atoms with Gasteiger partial charge in [-0.2, -0.15) is 0 Å². The highest BCUT2D eigenvalue weighted by Gasteiger charge is 2.17. The Morgan fingerprint density at radius 2 is 2.03 bits per heavy atom. The van der Waals surface area contributed by atoms with Gasteiger partial charge < -0.3 is 24.7 Å². The van der Waals surface area contributed by atoms with Gasteiger partial charge in [0.2, 0.25) is 0 Å². The molecular weight excluding hydrogens is 410 g/mol. The minimum absolute atomic E-state index is 0.0200. The molecule has 0 radical (unpaired) electrons. The van der Waals surface area contributed by atoms with Crippen molar-refractivity contribution in [1.82, 2.24) is 19.9 Å². The molecule has 2 N–H and O–H groups in total. The summed E-state index contributed by atoms with van der Waals surface area (Å²) in [6.45, 7) is 2.19. The summed E-state index contributed by atoms with van der Waals surface area (Å²) in [4.78, 5) is 32.5. The fraction of sp³-hybridized carbons (Fsp3) is 0.391. The van der Waals surface area contributed by atoms with Gasteiger partial charge in [0, 0.05) is 25.2 Å². The molecule has 0 saturated heterocycles. The number of unbranched alkanes of at least 4 members (excludes halogenated alkanes) is 3. The molecule has 0 spiro atoms. The third-order valence-electron chi connectivity index (χ3n) is 5.37. The first-order chi connectivity index (χ1) is 15.6. The zero-order chi connectivity index (χ0) is 22.3. The maximum absolute atomic E-state index is 12.3. The van der Waals surface area contributed by atoms with Crippen molar-refractivity contribution in [3.63, 3.8) is 0 Å². The molecule has 1 amide bonds. The number of amides is 1. The normalized spacial score (nSPS) is 12.8. The Morgan fingerprint density at radius 1 is 1.16 bits per heavy atom. The number of nitrogens with one attached hydrogen (secondary N) is 2. The van der Waals surface area contributed by atoms with Gasteiger partial charge in [-0.1, -0.05) is 12.8 Å². The number of hydrogen-bond donors (Lipinski definition) is 2. The Bertz CT molecular complexity index is 1160. The van der Waals surface area contributed by atoms with E-state index in [2.05, 4.69) is 20.6 Å². The third kappa shape index (κ3) is 5.23. The van der Waals surface area contributed by atoms with Crippen LogP contribution in [-0.2, 0) is 17.9 Å². The number of carbonyl (C=O) groups is 1. The number of hydrogen-bond acceptors (Lipinski definition) is 7. The predicted molar refractivity (Wildman–Crippen MR) is 121 cm³/mol. The van der Waals surface area contributed by atoms with Crippen molar-refractivity contribution >= 4 is 22.8 Å². The summed E-state index contributed by atoms with van der Waals surface area (Å²) in [6.07, 6.45) is 5.71. The van der Waals surface area contributed by atoms with E-state index >= 15 is 0 Å². The van der Waals surface area contributed by atoms with Gasteiger partial charge in [0.05, 0.1) is 30.0 Å². The van der Waals surface area contributed by atoms with E-state index in [1.54, 1.807) is 30.0 Å². The second kappa shape index (κ2) is 10.2. The van der Waals surface area contributed by atoms with Crippen LogP contribution in [0.25, 0.3) is 11.0 Å². The fourth-order valence-electron chi connectivity index (χ4n) is 3.68. The number of aromatic nitrogens is 3. The zero-order valence-corrected chi connectivity index (χ0v) is 18.1. The molecule has 1 aliphatic rings. The van der Waals surface area contributed by atoms with Crippen LogP contribution in [-0.4, -0.2) is 40.7 Å². The molecule has 1 aliphatic heterocycles. The van der Waals surface area contributed by atoms with Gasteiger partial charge in [0.1, 0.15) is 5.75 Å². The average Bonchev–Trinajstić information content (AvgIpc) is 2.81. The molecule has 0 fully saturated rings. The maximum atomic E-state index is 12.3. The summed E-state index contributed by atoms with van der Waals surface area (Å²) in [5, 5.41) is 6.10. The lowest BCUT2D eigenvalue weighted by molar-refractivity contribution is -0.118. The van der Waals surface area contributed by atoms with Crippen LogP contribution in [0.5, 0.6) is 11.5 Å². The van der Waals surface area contributed by atoms with Crippen LogP contribution in [0.15, 0.2) is 41.3 Å². The summed E-state index contributed by atoms with van der Waals surface area (Å²) in [6, 6.07) is 8.91. The molecule has 9 heteroatoms. The van der Waals surface area contributed by atoms with Crippen molar-refractivity contribution < 1.29 is 14.3 Å². The van der Waals surface area contributed by atoms with E-state index in [-0.39, 0.29) is 18.1 Å². The number of nitrogens with zero attached hydrogens (tertiary/aromatic N) is 3. The Labute approximate surface area is 185 Å². The second-order valence-corrected chi connectivity index (χ2v) is 7.68. The van der Waals surface area contributed by atoms with E-state index in [0.717, 1.165) is 49.0 Å². The van der Waals surface area contributed by atoms with E-state index in [1.165, 1.54) is 0 Å². The van der Waals surface area contributed by atoms with Crippen LogP contribution in [0, 0.1) is 0 Å². The molecule has 0 atom stereocenters. The van der Waals surface area contributed by atoms with Gasteiger partial charge >= 0.3 is 0 Å². The molecule has 9 nitrogen and oxygen atoms in total. The highest BCUT2D eigenvalue weighted by Crippen LogP contribution is 2.25. The van der Waals surface area contributed by atoms with Crippen molar-refractivity contribution in [3.05, 3.63) is 52.6 Å². The minimum Gasteiger partial charge on any atom is -0.495 e. The first kappa shape index (κ1) is 21.8. The van der Waals surface area contributed by atoms with E-state index in [1.807, 2.05) is 18.2 Å². The number of carbonyl (C=O) groups excluding carboxylic acids is 1. The summed E-state index contributed by atoms with van der Waals surface area (Å²) >= 11 is 0. The molecule has 0 unspecified atom stereocenters. The molecule has 3 aromatic rings. The lowest BCUT2D eigenvalue weighted by Gasteiger charge is -2.17. The number of fused-ring (bicyclic) bond motifs is 2. The molecule has 0 aromatic carbocycles. The number of ether oxygens (including phenoxy) is 2. The van der Waals surface area contributed by atoms with Crippen LogP contribution < -0.4 is 25.7 Å². The van der Waals surface area contributed by atoms with Gasteiger partial charge in [-0.05, 0) is 37.6 Å². The highest BCUT2D eigenvalue weighted by atomic mass is 16.5. The quantitative estimate of drug-likeness (QED) is 0.469. The van der Waals surface area contributed by atoms with Crippen LogP contribution in [0.4, 0.5) is 5.82 Å². The number of rotatable bonds is 10. The maximum Gasteiger partial charge on any atom is 0.263 e. The number of methoxy groups -OCH3 is 1. The van der Waals surface area contributed by atoms with Crippen LogP contribution >= 0.6 is 0 Å². The van der Waals surface area contributed by atoms with Crippen LogP contribution in [0.3, 0.4) is 0 Å². The van der Waals surface area contributed by atoms with Gasteiger partial charge in [-0.3, -0.25) is 14.6 Å². The molecule has 0 aliphatic carbocycles. The second-order valence-electron chi connectivity index (χ2n) is 7.68. The van der Waals surface area contributed by atoms with Gasteiger partial charge in [-0.15, -0.1) is 0 Å². The number of pyridine rings is 3. The molecular formula is C23H27N5O4. The molecule has 3 aromatic heterocycles. The topological polar surface area (TPSA) is 107 Å². The van der Waals surface area contributed by atoms with Crippen LogP contribution in [0.1, 0.15) is 31.4 Å². The molecule has 0 saturated carbocycles. The first-order valence-corrected chi connectivity index (χ1v) is 10.8. The molecule has 0 bridgehead atoms. The average molecular weight is 438 g/mol. The molecule has 4 rings (SSSR count).